The third-order valence-electron chi connectivity index (χ3n) is 7.66. The highest BCUT2D eigenvalue weighted by Gasteiger charge is 2.51. The van der Waals surface area contributed by atoms with Crippen molar-refractivity contribution in [3.63, 3.8) is 0 Å². The minimum atomic E-state index is -0.390. The molecule has 1 aromatic heterocycles. The van der Waals surface area contributed by atoms with Crippen molar-refractivity contribution >= 4 is 24.2 Å². The molecular formula is C25H33BN2O3. The predicted molar refractivity (Wildman–Crippen MR) is 124 cm³/mol. The summed E-state index contributed by atoms with van der Waals surface area (Å²) in [6.45, 7) is 16.5. The van der Waals surface area contributed by atoms with Crippen LogP contribution < -0.4 is 10.4 Å². The van der Waals surface area contributed by atoms with Gasteiger partial charge in [0, 0.05) is 24.5 Å². The summed E-state index contributed by atoms with van der Waals surface area (Å²) in [5.41, 5.74) is 6.14. The number of nitrogens with zero attached hydrogens (tertiary/aromatic N) is 2. The van der Waals surface area contributed by atoms with Gasteiger partial charge in [-0.15, -0.1) is 0 Å². The normalized spacial score (nSPS) is 23.3. The summed E-state index contributed by atoms with van der Waals surface area (Å²) >= 11 is 0. The zero-order chi connectivity index (χ0) is 22.3. The van der Waals surface area contributed by atoms with E-state index in [1.54, 1.807) is 0 Å². The maximum Gasteiger partial charge on any atom is 0.494 e. The fraction of sp³-hybridized carbons (Fsp3) is 0.560. The average molecular weight is 420 g/mol. The van der Waals surface area contributed by atoms with Crippen molar-refractivity contribution in [1.82, 2.24) is 4.57 Å². The standard InChI is InChI=1S/C25H33BN2O3/c1-16-12-18(26-30-24(4,5)25(6,7)31-26)8-9-19(16)28-11-10-27-20(22(28)29)13-17-14-23(2,3)15-21(17)27/h8-9,12-13H,10-11,14-15H2,1-7H3. The molecule has 1 aromatic carbocycles. The molecule has 0 saturated carbocycles. The van der Waals surface area contributed by atoms with Gasteiger partial charge >= 0.3 is 7.12 Å². The van der Waals surface area contributed by atoms with E-state index in [0.29, 0.717) is 12.0 Å². The summed E-state index contributed by atoms with van der Waals surface area (Å²) in [6.07, 6.45) is 2.11. The zero-order valence-electron chi connectivity index (χ0n) is 19.8. The number of amides is 1. The van der Waals surface area contributed by atoms with Crippen LogP contribution in [0.4, 0.5) is 5.69 Å². The predicted octanol–water partition coefficient (Wildman–Crippen LogP) is 3.88. The van der Waals surface area contributed by atoms with Gasteiger partial charge in [-0.3, -0.25) is 4.79 Å². The van der Waals surface area contributed by atoms with Gasteiger partial charge in [-0.2, -0.15) is 0 Å². The number of anilines is 1. The Morgan fingerprint density at radius 2 is 1.61 bits per heavy atom. The lowest BCUT2D eigenvalue weighted by molar-refractivity contribution is 0.00578. The van der Waals surface area contributed by atoms with Crippen molar-refractivity contribution in [2.24, 2.45) is 5.41 Å². The molecule has 2 aromatic rings. The Balaban J connectivity index is 1.41. The van der Waals surface area contributed by atoms with E-state index in [1.165, 1.54) is 11.3 Å². The molecule has 0 N–H and O–H groups in total. The van der Waals surface area contributed by atoms with E-state index in [1.807, 2.05) is 17.0 Å². The Labute approximate surface area is 185 Å². The third kappa shape index (κ3) is 3.18. The van der Waals surface area contributed by atoms with Crippen LogP contribution in [-0.4, -0.2) is 35.3 Å². The maximum atomic E-state index is 13.4. The molecular weight excluding hydrogens is 387 g/mol. The van der Waals surface area contributed by atoms with Gasteiger partial charge < -0.3 is 18.8 Å². The van der Waals surface area contributed by atoms with Gasteiger partial charge in [0.2, 0.25) is 0 Å². The van der Waals surface area contributed by atoms with E-state index >= 15 is 0 Å². The number of aryl methyl sites for hydroxylation is 1. The van der Waals surface area contributed by atoms with Gasteiger partial charge in [0.15, 0.2) is 0 Å². The number of carbonyl (C=O) groups excluding carboxylic acids is 1. The van der Waals surface area contributed by atoms with Crippen LogP contribution in [0.2, 0.25) is 0 Å². The Hall–Kier alpha value is -2.05. The molecule has 0 spiro atoms. The van der Waals surface area contributed by atoms with Crippen LogP contribution in [0.1, 0.15) is 68.9 Å². The first kappa shape index (κ1) is 20.8. The van der Waals surface area contributed by atoms with Crippen LogP contribution >= 0.6 is 0 Å². The minimum Gasteiger partial charge on any atom is -0.399 e. The van der Waals surface area contributed by atoms with Crippen molar-refractivity contribution < 1.29 is 14.1 Å². The van der Waals surface area contributed by atoms with Crippen LogP contribution in [0.5, 0.6) is 0 Å². The van der Waals surface area contributed by atoms with Crippen LogP contribution in [0, 0.1) is 12.3 Å². The van der Waals surface area contributed by atoms with Crippen molar-refractivity contribution in [1.29, 1.82) is 0 Å². The van der Waals surface area contributed by atoms with E-state index in [0.717, 1.165) is 41.8 Å². The lowest BCUT2D eigenvalue weighted by Gasteiger charge is -2.32. The van der Waals surface area contributed by atoms with E-state index in [9.17, 15) is 4.79 Å². The van der Waals surface area contributed by atoms with Crippen molar-refractivity contribution in [2.75, 3.05) is 11.4 Å². The molecule has 0 unspecified atom stereocenters. The number of fused-ring (bicyclic) bond motifs is 3. The molecule has 0 atom stereocenters. The van der Waals surface area contributed by atoms with Gasteiger partial charge in [0.1, 0.15) is 5.69 Å². The summed E-state index contributed by atoms with van der Waals surface area (Å²) in [6, 6.07) is 8.31. The monoisotopic (exact) mass is 420 g/mol. The molecule has 5 nitrogen and oxygen atoms in total. The summed E-state index contributed by atoms with van der Waals surface area (Å²) < 4.78 is 14.7. The first-order valence-corrected chi connectivity index (χ1v) is 11.4. The van der Waals surface area contributed by atoms with E-state index in [-0.39, 0.29) is 17.1 Å². The minimum absolute atomic E-state index is 0.102. The summed E-state index contributed by atoms with van der Waals surface area (Å²) in [5, 5.41) is 0. The molecule has 1 saturated heterocycles. The first-order chi connectivity index (χ1) is 14.4. The number of hydrogen-bond acceptors (Lipinski definition) is 3. The molecule has 6 heteroatoms. The lowest BCUT2D eigenvalue weighted by atomic mass is 9.78. The molecule has 31 heavy (non-hydrogen) atoms. The Morgan fingerprint density at radius 3 is 2.26 bits per heavy atom. The zero-order valence-corrected chi connectivity index (χ0v) is 19.8. The van der Waals surface area contributed by atoms with Crippen molar-refractivity contribution in [3.8, 4) is 0 Å². The fourth-order valence-corrected chi connectivity index (χ4v) is 5.25. The number of rotatable bonds is 2. The first-order valence-electron chi connectivity index (χ1n) is 11.4. The number of aromatic nitrogens is 1. The number of benzene rings is 1. The number of carbonyl (C=O) groups is 1. The van der Waals surface area contributed by atoms with Gasteiger partial charge in [0.05, 0.1) is 11.2 Å². The fourth-order valence-electron chi connectivity index (χ4n) is 5.25. The highest BCUT2D eigenvalue weighted by atomic mass is 16.7. The molecule has 0 bridgehead atoms. The van der Waals surface area contributed by atoms with Crippen molar-refractivity contribution in [3.05, 3.63) is 46.8 Å². The van der Waals surface area contributed by atoms with E-state index in [4.69, 9.17) is 9.31 Å². The Morgan fingerprint density at radius 1 is 0.935 bits per heavy atom. The van der Waals surface area contributed by atoms with Crippen LogP contribution in [0.3, 0.4) is 0 Å². The molecule has 164 valence electrons. The van der Waals surface area contributed by atoms with Crippen molar-refractivity contribution in [2.45, 2.75) is 79.1 Å². The molecule has 2 aliphatic heterocycles. The quantitative estimate of drug-likeness (QED) is 0.693. The van der Waals surface area contributed by atoms with Crippen LogP contribution in [0.25, 0.3) is 0 Å². The topological polar surface area (TPSA) is 43.7 Å². The summed E-state index contributed by atoms with van der Waals surface area (Å²) in [5.74, 6) is 0.102. The molecule has 1 amide bonds. The average Bonchev–Trinajstić information content (AvgIpc) is 3.21. The molecule has 1 aliphatic carbocycles. The Kier molecular flexibility index (Phi) is 4.36. The van der Waals surface area contributed by atoms with Crippen LogP contribution in [0.15, 0.2) is 24.3 Å². The second-order valence-electron chi connectivity index (χ2n) is 11.3. The van der Waals surface area contributed by atoms with E-state index in [2.05, 4.69) is 65.2 Å². The molecule has 0 radical (unpaired) electrons. The molecule has 5 rings (SSSR count). The van der Waals surface area contributed by atoms with Gasteiger partial charge in [-0.25, -0.2) is 0 Å². The summed E-state index contributed by atoms with van der Waals surface area (Å²) in [4.78, 5) is 15.3. The third-order valence-corrected chi connectivity index (χ3v) is 7.66. The van der Waals surface area contributed by atoms with Gasteiger partial charge in [0.25, 0.3) is 5.91 Å². The van der Waals surface area contributed by atoms with Gasteiger partial charge in [-0.05, 0) is 81.6 Å². The highest BCUT2D eigenvalue weighted by molar-refractivity contribution is 6.62. The second kappa shape index (κ2) is 6.49. The SMILES string of the molecule is Cc1cc(B2OC(C)(C)C(C)(C)O2)ccc1N1CCn2c(cc3c2CC(C)(C)C3)C1=O. The maximum absolute atomic E-state index is 13.4. The van der Waals surface area contributed by atoms with Crippen LogP contribution in [-0.2, 0) is 28.7 Å². The smallest absolute Gasteiger partial charge is 0.399 e. The molecule has 3 aliphatic rings. The molecule has 3 heterocycles. The highest BCUT2D eigenvalue weighted by Crippen LogP contribution is 2.40. The lowest BCUT2D eigenvalue weighted by Crippen LogP contribution is -2.41. The second-order valence-corrected chi connectivity index (χ2v) is 11.3. The molecule has 1 fully saturated rings. The summed E-state index contributed by atoms with van der Waals surface area (Å²) in [7, 11) is -0.390. The largest absolute Gasteiger partial charge is 0.494 e. The van der Waals surface area contributed by atoms with Gasteiger partial charge in [-0.1, -0.05) is 26.0 Å². The Bertz CT molecular complexity index is 1070. The van der Waals surface area contributed by atoms with E-state index < -0.39 is 7.12 Å². The number of hydrogen-bond donors (Lipinski definition) is 0.